The highest BCUT2D eigenvalue weighted by Gasteiger charge is 2.31. The predicted molar refractivity (Wildman–Crippen MR) is 149 cm³/mol. The molecule has 212 valence electrons. The van der Waals surface area contributed by atoms with Gasteiger partial charge in [-0.15, -0.1) is 0 Å². The molecule has 1 aromatic heterocycles. The first-order valence-corrected chi connectivity index (χ1v) is 12.3. The van der Waals surface area contributed by atoms with E-state index in [0.717, 1.165) is 18.2 Å². The summed E-state index contributed by atoms with van der Waals surface area (Å²) in [6.45, 7) is 1.38. The smallest absolute Gasteiger partial charge is 0.416 e. The molecule has 0 amide bonds. The summed E-state index contributed by atoms with van der Waals surface area (Å²) < 4.78 is 56.7. The second-order valence-corrected chi connectivity index (χ2v) is 9.32. The van der Waals surface area contributed by atoms with Gasteiger partial charge in [-0.05, 0) is 73.7 Å². The van der Waals surface area contributed by atoms with Crippen LogP contribution in [-0.4, -0.2) is 11.9 Å². The fraction of sp³-hybridized carbons (Fsp3) is 0.0645. The first-order valence-electron chi connectivity index (χ1n) is 12.3. The van der Waals surface area contributed by atoms with Gasteiger partial charge in [-0.3, -0.25) is 4.79 Å². The van der Waals surface area contributed by atoms with Crippen LogP contribution in [-0.2, 0) is 6.18 Å². The minimum atomic E-state index is -4.66. The molecule has 5 aromatic rings. The fourth-order valence-corrected chi connectivity index (χ4v) is 4.22. The Kier molecular flexibility index (Phi) is 7.17. The van der Waals surface area contributed by atoms with E-state index >= 15 is 0 Å². The van der Waals surface area contributed by atoms with Crippen LogP contribution < -0.4 is 26.4 Å². The summed E-state index contributed by atoms with van der Waals surface area (Å²) in [6, 6.07) is 18.7. The van der Waals surface area contributed by atoms with E-state index in [-0.39, 0.29) is 50.5 Å². The molecule has 0 saturated heterocycles. The van der Waals surface area contributed by atoms with Gasteiger partial charge in [0.2, 0.25) is 0 Å². The number of alkyl halides is 3. The maximum absolute atomic E-state index is 13.2. The van der Waals surface area contributed by atoms with Crippen molar-refractivity contribution < 1.29 is 36.7 Å². The molecule has 4 N–H and O–H groups in total. The van der Waals surface area contributed by atoms with Gasteiger partial charge in [0, 0.05) is 28.6 Å². The van der Waals surface area contributed by atoms with Crippen molar-refractivity contribution in [2.45, 2.75) is 13.1 Å². The van der Waals surface area contributed by atoms with E-state index in [0.29, 0.717) is 11.4 Å². The fourth-order valence-electron chi connectivity index (χ4n) is 4.22. The lowest BCUT2D eigenvalue weighted by Gasteiger charge is -2.13. The van der Waals surface area contributed by atoms with Crippen LogP contribution in [0.5, 0.6) is 11.5 Å². The largest absolute Gasteiger partial charge is 0.456 e. The first kappa shape index (κ1) is 28.0. The van der Waals surface area contributed by atoms with E-state index in [1.807, 2.05) is 0 Å². The van der Waals surface area contributed by atoms with Gasteiger partial charge in [0.15, 0.2) is 5.43 Å². The topological polar surface area (TPSA) is 135 Å². The van der Waals surface area contributed by atoms with E-state index in [9.17, 15) is 27.6 Å². The third-order valence-electron chi connectivity index (χ3n) is 6.25. The van der Waals surface area contributed by atoms with Crippen molar-refractivity contribution in [1.29, 1.82) is 0 Å². The molecule has 0 unspecified atom stereocenters. The number of hydrogen-bond acceptors (Lipinski definition) is 8. The first-order chi connectivity index (χ1) is 19.9. The van der Waals surface area contributed by atoms with Gasteiger partial charge in [0.1, 0.15) is 22.8 Å². The number of benzene rings is 4. The molecule has 0 bridgehead atoms. The van der Waals surface area contributed by atoms with Gasteiger partial charge in [-0.1, -0.05) is 12.1 Å². The van der Waals surface area contributed by atoms with E-state index in [1.165, 1.54) is 49.4 Å². The summed E-state index contributed by atoms with van der Waals surface area (Å²) in [7, 11) is 0. The normalized spacial score (nSPS) is 11.3. The summed E-state index contributed by atoms with van der Waals surface area (Å²) in [4.78, 5) is 38.8. The van der Waals surface area contributed by atoms with Gasteiger partial charge < -0.3 is 25.4 Å². The Hall–Kier alpha value is -5.58. The summed E-state index contributed by atoms with van der Waals surface area (Å²) in [6.07, 6.45) is -4.66. The quantitative estimate of drug-likeness (QED) is 0.140. The number of carbonyl (C=O) groups excluding carboxylic acids is 2. The van der Waals surface area contributed by atoms with Gasteiger partial charge >= 0.3 is 18.1 Å². The molecule has 1 heterocycles. The standard InChI is InChI=1S/C31H21F3N2O6/c1-16-27(37)25-14-20(31(32,33)34)8-9-26(25)42-28(16)19-12-23(40-29(38)17-4-2-6-21(35)10-17)15-24(13-19)41-30(39)18-5-3-7-22(36)11-18/h2-15H,35-36H2,1H3. The SMILES string of the molecule is Cc1c(-c2cc(OC(=O)c3cccc(N)c3)cc(OC(=O)c3cccc(N)c3)c2)oc2ccc(C(F)(F)F)cc2c1=O. The molecule has 0 radical (unpaired) electrons. The second-order valence-electron chi connectivity index (χ2n) is 9.32. The van der Waals surface area contributed by atoms with Crippen molar-refractivity contribution in [2.24, 2.45) is 0 Å². The highest BCUT2D eigenvalue weighted by atomic mass is 19.4. The van der Waals surface area contributed by atoms with Crippen molar-refractivity contribution in [3.8, 4) is 22.8 Å². The Balaban J connectivity index is 1.61. The summed E-state index contributed by atoms with van der Waals surface area (Å²) in [5, 5.41) is -0.261. The molecule has 11 heteroatoms. The maximum Gasteiger partial charge on any atom is 0.416 e. The van der Waals surface area contributed by atoms with Gasteiger partial charge in [-0.2, -0.15) is 13.2 Å². The average Bonchev–Trinajstić information content (AvgIpc) is 2.94. The van der Waals surface area contributed by atoms with Crippen LogP contribution in [0.2, 0.25) is 0 Å². The van der Waals surface area contributed by atoms with Crippen LogP contribution in [0.15, 0.2) is 94.1 Å². The number of rotatable bonds is 5. The molecule has 0 aliphatic carbocycles. The van der Waals surface area contributed by atoms with E-state index in [1.54, 1.807) is 24.3 Å². The van der Waals surface area contributed by atoms with Crippen LogP contribution in [0.1, 0.15) is 31.8 Å². The number of halogens is 3. The number of nitrogens with two attached hydrogens (primary N) is 2. The lowest BCUT2D eigenvalue weighted by molar-refractivity contribution is -0.137. The Morgan fingerprint density at radius 1 is 0.762 bits per heavy atom. The number of carbonyl (C=O) groups is 2. The third kappa shape index (κ3) is 5.80. The van der Waals surface area contributed by atoms with E-state index in [2.05, 4.69) is 0 Å². The van der Waals surface area contributed by atoms with Gasteiger partial charge in [-0.25, -0.2) is 9.59 Å². The lowest BCUT2D eigenvalue weighted by Crippen LogP contribution is -2.12. The van der Waals surface area contributed by atoms with Crippen LogP contribution in [0.4, 0.5) is 24.5 Å². The molecule has 0 spiro atoms. The Morgan fingerprint density at radius 3 is 1.81 bits per heavy atom. The number of esters is 2. The molecule has 8 nitrogen and oxygen atoms in total. The van der Waals surface area contributed by atoms with Crippen LogP contribution in [0.3, 0.4) is 0 Å². The molecular weight excluding hydrogens is 553 g/mol. The zero-order valence-corrected chi connectivity index (χ0v) is 21.8. The zero-order chi connectivity index (χ0) is 30.2. The molecule has 0 atom stereocenters. The molecule has 4 aromatic carbocycles. The minimum absolute atomic E-state index is 0.0192. The van der Waals surface area contributed by atoms with Gasteiger partial charge in [0.25, 0.3) is 0 Å². The van der Waals surface area contributed by atoms with Gasteiger partial charge in [0.05, 0.1) is 22.1 Å². The van der Waals surface area contributed by atoms with Crippen LogP contribution in [0.25, 0.3) is 22.3 Å². The molecule has 0 aliphatic heterocycles. The number of hydrogen-bond donors (Lipinski definition) is 2. The number of fused-ring (bicyclic) bond motifs is 1. The second kappa shape index (κ2) is 10.8. The van der Waals surface area contributed by atoms with Crippen LogP contribution in [0, 0.1) is 6.92 Å². The lowest BCUT2D eigenvalue weighted by atomic mass is 10.0. The molecule has 42 heavy (non-hydrogen) atoms. The minimum Gasteiger partial charge on any atom is -0.456 e. The third-order valence-corrected chi connectivity index (χ3v) is 6.25. The Labute approximate surface area is 235 Å². The summed E-state index contributed by atoms with van der Waals surface area (Å²) in [5.74, 6) is -1.74. The Bertz CT molecular complexity index is 1850. The molecule has 0 saturated carbocycles. The predicted octanol–water partition coefficient (Wildman–Crippen LogP) is 6.39. The zero-order valence-electron chi connectivity index (χ0n) is 21.8. The molecular formula is C31H21F3N2O6. The van der Waals surface area contributed by atoms with Crippen molar-refractivity contribution in [3.05, 3.63) is 117 Å². The van der Waals surface area contributed by atoms with Crippen LogP contribution >= 0.6 is 0 Å². The molecule has 5 rings (SSSR count). The van der Waals surface area contributed by atoms with Crippen molar-refractivity contribution in [1.82, 2.24) is 0 Å². The van der Waals surface area contributed by atoms with Crippen molar-refractivity contribution in [3.63, 3.8) is 0 Å². The maximum atomic E-state index is 13.2. The summed E-state index contributed by atoms with van der Waals surface area (Å²) >= 11 is 0. The van der Waals surface area contributed by atoms with Crippen molar-refractivity contribution >= 4 is 34.3 Å². The average molecular weight is 575 g/mol. The number of ether oxygens (including phenoxy) is 2. The van der Waals surface area contributed by atoms with E-state index < -0.39 is 29.1 Å². The summed E-state index contributed by atoms with van der Waals surface area (Å²) in [5.41, 5.74) is 10.8. The van der Waals surface area contributed by atoms with E-state index in [4.69, 9.17) is 25.4 Å². The Morgan fingerprint density at radius 2 is 1.31 bits per heavy atom. The monoisotopic (exact) mass is 574 g/mol. The number of anilines is 2. The van der Waals surface area contributed by atoms with Crippen molar-refractivity contribution in [2.75, 3.05) is 11.5 Å². The number of nitrogen functional groups attached to an aromatic ring is 2. The highest BCUT2D eigenvalue weighted by Crippen LogP contribution is 2.35. The highest BCUT2D eigenvalue weighted by molar-refractivity contribution is 5.93. The molecule has 0 fully saturated rings. The molecule has 0 aliphatic rings.